The standard InChI is InChI=1S/C22H26N2O3/c1-16-10-12-24(13-11-16)15-17-6-8-18(9-7-17)21(25)23-20-5-3-4-19(14-20)22(26)27-2/h3-9,14,16H,10-13,15H2,1-2H3,(H,23,25). The molecule has 5 nitrogen and oxygen atoms in total. The summed E-state index contributed by atoms with van der Waals surface area (Å²) in [6.45, 7) is 5.52. The number of hydrogen-bond donors (Lipinski definition) is 1. The zero-order valence-corrected chi connectivity index (χ0v) is 15.9. The lowest BCUT2D eigenvalue weighted by Gasteiger charge is -2.30. The number of anilines is 1. The van der Waals surface area contributed by atoms with E-state index in [2.05, 4.69) is 17.1 Å². The summed E-state index contributed by atoms with van der Waals surface area (Å²) in [6.07, 6.45) is 2.51. The zero-order valence-electron chi connectivity index (χ0n) is 15.9. The maximum atomic E-state index is 12.5. The van der Waals surface area contributed by atoms with Crippen LogP contribution in [0.5, 0.6) is 0 Å². The monoisotopic (exact) mass is 366 g/mol. The average Bonchev–Trinajstić information content (AvgIpc) is 2.70. The number of ether oxygens (including phenoxy) is 1. The van der Waals surface area contributed by atoms with Crippen molar-refractivity contribution in [1.29, 1.82) is 0 Å². The van der Waals surface area contributed by atoms with Crippen LogP contribution in [-0.4, -0.2) is 37.0 Å². The molecule has 0 aliphatic carbocycles. The van der Waals surface area contributed by atoms with Crippen LogP contribution >= 0.6 is 0 Å². The minimum absolute atomic E-state index is 0.199. The van der Waals surface area contributed by atoms with E-state index in [1.54, 1.807) is 24.3 Å². The highest BCUT2D eigenvalue weighted by molar-refractivity contribution is 6.04. The SMILES string of the molecule is COC(=O)c1cccc(NC(=O)c2ccc(CN3CCC(C)CC3)cc2)c1. The first-order chi connectivity index (χ1) is 13.0. The summed E-state index contributed by atoms with van der Waals surface area (Å²) < 4.78 is 4.71. The number of carbonyl (C=O) groups is 2. The van der Waals surface area contributed by atoms with E-state index in [1.165, 1.54) is 25.5 Å². The number of likely N-dealkylation sites (tertiary alicyclic amines) is 1. The summed E-state index contributed by atoms with van der Waals surface area (Å²) in [5.74, 6) is 0.197. The van der Waals surface area contributed by atoms with Crippen molar-refractivity contribution in [3.8, 4) is 0 Å². The number of piperidine rings is 1. The third-order valence-electron chi connectivity index (χ3n) is 5.04. The number of carbonyl (C=O) groups excluding carboxylic acids is 2. The largest absolute Gasteiger partial charge is 0.465 e. The van der Waals surface area contributed by atoms with Crippen molar-refractivity contribution in [2.75, 3.05) is 25.5 Å². The molecule has 0 radical (unpaired) electrons. The van der Waals surface area contributed by atoms with Gasteiger partial charge >= 0.3 is 5.97 Å². The molecule has 1 aliphatic rings. The molecule has 2 aromatic rings. The first-order valence-corrected chi connectivity index (χ1v) is 9.36. The minimum atomic E-state index is -0.428. The van der Waals surface area contributed by atoms with Crippen molar-refractivity contribution in [1.82, 2.24) is 4.90 Å². The molecule has 0 spiro atoms. The van der Waals surface area contributed by atoms with Crippen LogP contribution in [0.2, 0.25) is 0 Å². The number of amides is 1. The molecule has 1 saturated heterocycles. The molecule has 142 valence electrons. The predicted octanol–water partition coefficient (Wildman–Crippen LogP) is 3.96. The van der Waals surface area contributed by atoms with Gasteiger partial charge in [-0.25, -0.2) is 4.79 Å². The highest BCUT2D eigenvalue weighted by Gasteiger charge is 2.16. The first kappa shape index (κ1) is 19.1. The van der Waals surface area contributed by atoms with Gasteiger partial charge in [-0.3, -0.25) is 9.69 Å². The van der Waals surface area contributed by atoms with E-state index in [1.807, 2.05) is 24.3 Å². The highest BCUT2D eigenvalue weighted by Crippen LogP contribution is 2.19. The number of nitrogens with one attached hydrogen (secondary N) is 1. The van der Waals surface area contributed by atoms with Gasteiger partial charge in [0.25, 0.3) is 5.91 Å². The average molecular weight is 366 g/mol. The molecule has 0 saturated carbocycles. The van der Waals surface area contributed by atoms with E-state index in [0.29, 0.717) is 16.8 Å². The van der Waals surface area contributed by atoms with E-state index < -0.39 is 5.97 Å². The number of benzene rings is 2. The molecule has 0 atom stereocenters. The first-order valence-electron chi connectivity index (χ1n) is 9.36. The van der Waals surface area contributed by atoms with E-state index in [4.69, 9.17) is 4.74 Å². The van der Waals surface area contributed by atoms with Gasteiger partial charge in [-0.15, -0.1) is 0 Å². The van der Waals surface area contributed by atoms with Gasteiger partial charge in [0.15, 0.2) is 0 Å². The Labute approximate surface area is 160 Å². The van der Waals surface area contributed by atoms with Gasteiger partial charge in [-0.1, -0.05) is 25.1 Å². The van der Waals surface area contributed by atoms with Crippen LogP contribution in [-0.2, 0) is 11.3 Å². The maximum absolute atomic E-state index is 12.5. The van der Waals surface area contributed by atoms with Crippen LogP contribution in [0.3, 0.4) is 0 Å². The van der Waals surface area contributed by atoms with E-state index in [0.717, 1.165) is 25.6 Å². The summed E-state index contributed by atoms with van der Waals surface area (Å²) >= 11 is 0. The lowest BCUT2D eigenvalue weighted by molar-refractivity contribution is 0.0600. The lowest BCUT2D eigenvalue weighted by Crippen LogP contribution is -2.32. The van der Waals surface area contributed by atoms with Gasteiger partial charge in [0.05, 0.1) is 12.7 Å². The Morgan fingerprint density at radius 1 is 1.07 bits per heavy atom. The van der Waals surface area contributed by atoms with Gasteiger partial charge in [-0.2, -0.15) is 0 Å². The molecule has 27 heavy (non-hydrogen) atoms. The topological polar surface area (TPSA) is 58.6 Å². The van der Waals surface area contributed by atoms with Gasteiger partial charge < -0.3 is 10.1 Å². The fraction of sp³-hybridized carbons (Fsp3) is 0.364. The van der Waals surface area contributed by atoms with Crippen LogP contribution in [0.25, 0.3) is 0 Å². The van der Waals surface area contributed by atoms with E-state index >= 15 is 0 Å². The van der Waals surface area contributed by atoms with Crippen LogP contribution < -0.4 is 5.32 Å². The van der Waals surface area contributed by atoms with Crippen molar-refractivity contribution >= 4 is 17.6 Å². The normalized spacial score (nSPS) is 15.3. The molecule has 0 unspecified atom stereocenters. The Balaban J connectivity index is 1.60. The summed E-state index contributed by atoms with van der Waals surface area (Å²) in [5.41, 5.74) is 2.78. The molecule has 1 heterocycles. The number of rotatable bonds is 5. The molecule has 0 bridgehead atoms. The number of esters is 1. The molecule has 3 rings (SSSR count). The smallest absolute Gasteiger partial charge is 0.337 e. The van der Waals surface area contributed by atoms with Gasteiger partial charge in [0.2, 0.25) is 0 Å². The second kappa shape index (κ2) is 8.82. The summed E-state index contributed by atoms with van der Waals surface area (Å²) in [6, 6.07) is 14.4. The third-order valence-corrected chi connectivity index (χ3v) is 5.04. The van der Waals surface area contributed by atoms with Gasteiger partial charge in [-0.05, 0) is 67.7 Å². The summed E-state index contributed by atoms with van der Waals surface area (Å²) in [5, 5.41) is 2.83. The fourth-order valence-electron chi connectivity index (χ4n) is 3.28. The number of methoxy groups -OCH3 is 1. The van der Waals surface area contributed by atoms with Crippen molar-refractivity contribution < 1.29 is 14.3 Å². The molecule has 1 amide bonds. The molecule has 5 heteroatoms. The van der Waals surface area contributed by atoms with Crippen LogP contribution in [0.15, 0.2) is 48.5 Å². The van der Waals surface area contributed by atoms with Crippen molar-refractivity contribution in [3.05, 3.63) is 65.2 Å². The van der Waals surface area contributed by atoms with Gasteiger partial charge in [0, 0.05) is 17.8 Å². The molecular weight excluding hydrogens is 340 g/mol. The van der Waals surface area contributed by atoms with Crippen LogP contribution in [0.4, 0.5) is 5.69 Å². The number of hydrogen-bond acceptors (Lipinski definition) is 4. The maximum Gasteiger partial charge on any atom is 0.337 e. The molecule has 0 aromatic heterocycles. The quantitative estimate of drug-likeness (QED) is 0.814. The second-order valence-corrected chi connectivity index (χ2v) is 7.18. The third kappa shape index (κ3) is 5.17. The Kier molecular flexibility index (Phi) is 6.24. The Hall–Kier alpha value is -2.66. The summed E-state index contributed by atoms with van der Waals surface area (Å²) in [7, 11) is 1.33. The van der Waals surface area contributed by atoms with E-state index in [-0.39, 0.29) is 5.91 Å². The van der Waals surface area contributed by atoms with Crippen molar-refractivity contribution in [3.63, 3.8) is 0 Å². The number of nitrogens with zero attached hydrogens (tertiary/aromatic N) is 1. The Morgan fingerprint density at radius 3 is 2.44 bits per heavy atom. The van der Waals surface area contributed by atoms with Crippen molar-refractivity contribution in [2.24, 2.45) is 5.92 Å². The van der Waals surface area contributed by atoms with Crippen LogP contribution in [0.1, 0.15) is 46.0 Å². The fourth-order valence-corrected chi connectivity index (χ4v) is 3.28. The van der Waals surface area contributed by atoms with Crippen molar-refractivity contribution in [2.45, 2.75) is 26.3 Å². The second-order valence-electron chi connectivity index (χ2n) is 7.18. The molecule has 1 N–H and O–H groups in total. The Bertz CT molecular complexity index is 793. The lowest BCUT2D eigenvalue weighted by atomic mass is 9.99. The molecule has 2 aromatic carbocycles. The summed E-state index contributed by atoms with van der Waals surface area (Å²) in [4.78, 5) is 26.5. The van der Waals surface area contributed by atoms with Gasteiger partial charge in [0.1, 0.15) is 0 Å². The Morgan fingerprint density at radius 2 is 1.78 bits per heavy atom. The predicted molar refractivity (Wildman–Crippen MR) is 106 cm³/mol. The highest BCUT2D eigenvalue weighted by atomic mass is 16.5. The molecule has 1 fully saturated rings. The van der Waals surface area contributed by atoms with E-state index in [9.17, 15) is 9.59 Å². The van der Waals surface area contributed by atoms with Crippen LogP contribution in [0, 0.1) is 5.92 Å². The molecule has 1 aliphatic heterocycles. The minimum Gasteiger partial charge on any atom is -0.465 e. The zero-order chi connectivity index (χ0) is 19.2. The molecular formula is C22H26N2O3.